The van der Waals surface area contributed by atoms with E-state index in [-0.39, 0.29) is 22.0 Å². The minimum absolute atomic E-state index is 0.112. The van der Waals surface area contributed by atoms with Gasteiger partial charge in [0.05, 0.1) is 17.8 Å². The maximum absolute atomic E-state index is 12.5. The first-order valence-electron chi connectivity index (χ1n) is 6.19. The zero-order valence-corrected chi connectivity index (χ0v) is 12.9. The van der Waals surface area contributed by atoms with Crippen molar-refractivity contribution in [1.82, 2.24) is 9.29 Å². The van der Waals surface area contributed by atoms with Crippen molar-refractivity contribution >= 4 is 27.2 Å². The van der Waals surface area contributed by atoms with Crippen LogP contribution in [-0.4, -0.2) is 48.5 Å². The summed E-state index contributed by atoms with van der Waals surface area (Å²) in [7, 11) is -2.03. The van der Waals surface area contributed by atoms with Crippen molar-refractivity contribution in [2.75, 3.05) is 13.7 Å². The van der Waals surface area contributed by atoms with Crippen LogP contribution in [0.5, 0.6) is 0 Å². The molecule has 1 aromatic heterocycles. The topological polar surface area (TPSA) is 85.5 Å². The molecule has 2 heterocycles. The summed E-state index contributed by atoms with van der Waals surface area (Å²) < 4.78 is 31.8. The van der Waals surface area contributed by atoms with Crippen LogP contribution < -0.4 is 5.73 Å². The highest BCUT2D eigenvalue weighted by atomic mass is 32.2. The standard InChI is InChI=1S/C12H17N3O3S2/c1-8-11(5-6-18-8)15(2)20(16,17)9-3-4-10(12(13)19)14-7-9/h3-4,7-8,11H,5-6H2,1-2H3,(H2,13,19). The molecule has 2 atom stereocenters. The van der Waals surface area contributed by atoms with E-state index in [2.05, 4.69) is 4.98 Å². The fraction of sp³-hybridized carbons (Fsp3) is 0.500. The summed E-state index contributed by atoms with van der Waals surface area (Å²) in [5.41, 5.74) is 5.84. The smallest absolute Gasteiger partial charge is 0.244 e. The molecule has 110 valence electrons. The maximum atomic E-state index is 12.5. The van der Waals surface area contributed by atoms with E-state index < -0.39 is 10.0 Å². The Morgan fingerprint density at radius 2 is 2.25 bits per heavy atom. The summed E-state index contributed by atoms with van der Waals surface area (Å²) in [5.74, 6) is 0. The van der Waals surface area contributed by atoms with E-state index in [1.54, 1.807) is 7.05 Å². The van der Waals surface area contributed by atoms with Gasteiger partial charge in [0.2, 0.25) is 10.0 Å². The van der Waals surface area contributed by atoms with Crippen LogP contribution in [-0.2, 0) is 14.8 Å². The summed E-state index contributed by atoms with van der Waals surface area (Å²) in [5, 5.41) is 0. The van der Waals surface area contributed by atoms with Crippen molar-refractivity contribution in [2.45, 2.75) is 30.4 Å². The lowest BCUT2D eigenvalue weighted by Crippen LogP contribution is -2.40. The normalized spacial score (nSPS) is 23.1. The van der Waals surface area contributed by atoms with Crippen molar-refractivity contribution in [2.24, 2.45) is 5.73 Å². The van der Waals surface area contributed by atoms with Crippen LogP contribution in [0.2, 0.25) is 0 Å². The number of sulfonamides is 1. The molecule has 0 aromatic carbocycles. The Morgan fingerprint density at radius 3 is 2.70 bits per heavy atom. The van der Waals surface area contributed by atoms with Crippen molar-refractivity contribution in [3.63, 3.8) is 0 Å². The van der Waals surface area contributed by atoms with Crippen LogP contribution in [0.3, 0.4) is 0 Å². The van der Waals surface area contributed by atoms with E-state index in [0.29, 0.717) is 18.7 Å². The molecule has 0 bridgehead atoms. The minimum atomic E-state index is -3.59. The van der Waals surface area contributed by atoms with Gasteiger partial charge in [-0.25, -0.2) is 8.42 Å². The molecule has 2 N–H and O–H groups in total. The van der Waals surface area contributed by atoms with Crippen molar-refractivity contribution in [1.29, 1.82) is 0 Å². The summed E-state index contributed by atoms with van der Waals surface area (Å²) in [6, 6.07) is 2.82. The molecular formula is C12H17N3O3S2. The molecule has 0 saturated carbocycles. The third-order valence-electron chi connectivity index (χ3n) is 3.47. The second-order valence-electron chi connectivity index (χ2n) is 4.70. The predicted octanol–water partition coefficient (Wildman–Crippen LogP) is 0.514. The predicted molar refractivity (Wildman–Crippen MR) is 78.9 cm³/mol. The van der Waals surface area contributed by atoms with Crippen molar-refractivity contribution < 1.29 is 13.2 Å². The van der Waals surface area contributed by atoms with Crippen LogP contribution in [0.4, 0.5) is 0 Å². The summed E-state index contributed by atoms with van der Waals surface area (Å²) in [6.07, 6.45) is 1.86. The van der Waals surface area contributed by atoms with Gasteiger partial charge in [0.1, 0.15) is 9.88 Å². The van der Waals surface area contributed by atoms with Gasteiger partial charge in [-0.05, 0) is 25.5 Å². The Hall–Kier alpha value is -1.09. The van der Waals surface area contributed by atoms with E-state index in [0.717, 1.165) is 0 Å². The van der Waals surface area contributed by atoms with Crippen molar-refractivity contribution in [3.8, 4) is 0 Å². The lowest BCUT2D eigenvalue weighted by atomic mass is 10.2. The number of pyridine rings is 1. The van der Waals surface area contributed by atoms with Gasteiger partial charge in [0.25, 0.3) is 0 Å². The van der Waals surface area contributed by atoms with Crippen LogP contribution in [0, 0.1) is 0 Å². The SMILES string of the molecule is CC1OCCC1N(C)S(=O)(=O)c1ccc(C(N)=S)nc1. The van der Waals surface area contributed by atoms with Gasteiger partial charge in [-0.15, -0.1) is 0 Å². The molecule has 1 aliphatic rings. The molecule has 0 aliphatic carbocycles. The summed E-state index contributed by atoms with van der Waals surface area (Å²) in [4.78, 5) is 4.23. The Bertz CT molecular complexity index is 601. The number of likely N-dealkylation sites (N-methyl/N-ethyl adjacent to an activating group) is 1. The molecule has 1 fully saturated rings. The second kappa shape index (κ2) is 5.72. The summed E-state index contributed by atoms with van der Waals surface area (Å²) >= 11 is 4.79. The first kappa shape index (κ1) is 15.3. The Balaban J connectivity index is 2.27. The largest absolute Gasteiger partial charge is 0.388 e. The molecule has 8 heteroatoms. The van der Waals surface area contributed by atoms with E-state index in [1.165, 1.54) is 22.6 Å². The monoisotopic (exact) mass is 315 g/mol. The molecule has 2 rings (SSSR count). The number of rotatable bonds is 4. The van der Waals surface area contributed by atoms with E-state index in [1.807, 2.05) is 6.92 Å². The van der Waals surface area contributed by atoms with Gasteiger partial charge in [0.15, 0.2) is 0 Å². The minimum Gasteiger partial charge on any atom is -0.388 e. The highest BCUT2D eigenvalue weighted by molar-refractivity contribution is 7.89. The zero-order valence-electron chi connectivity index (χ0n) is 11.3. The number of ether oxygens (including phenoxy) is 1. The fourth-order valence-electron chi connectivity index (χ4n) is 2.22. The average molecular weight is 315 g/mol. The molecule has 0 amide bonds. The van der Waals surface area contributed by atoms with Gasteiger partial charge >= 0.3 is 0 Å². The molecule has 1 aromatic rings. The Labute approximate surface area is 124 Å². The molecule has 0 spiro atoms. The van der Waals surface area contributed by atoms with Gasteiger partial charge in [-0.3, -0.25) is 4.98 Å². The number of nitrogens with two attached hydrogens (primary N) is 1. The summed E-state index contributed by atoms with van der Waals surface area (Å²) in [6.45, 7) is 2.45. The first-order valence-corrected chi connectivity index (χ1v) is 8.04. The highest BCUT2D eigenvalue weighted by Gasteiger charge is 2.35. The second-order valence-corrected chi connectivity index (χ2v) is 7.13. The first-order chi connectivity index (χ1) is 9.34. The number of thiocarbonyl (C=S) groups is 1. The number of hydrogen-bond acceptors (Lipinski definition) is 5. The third kappa shape index (κ3) is 2.83. The van der Waals surface area contributed by atoms with E-state index in [4.69, 9.17) is 22.7 Å². The quantitative estimate of drug-likeness (QED) is 0.815. The van der Waals surface area contributed by atoms with Gasteiger partial charge in [-0.2, -0.15) is 4.31 Å². The van der Waals surface area contributed by atoms with Gasteiger partial charge < -0.3 is 10.5 Å². The highest BCUT2D eigenvalue weighted by Crippen LogP contribution is 2.24. The molecule has 1 saturated heterocycles. The van der Waals surface area contributed by atoms with E-state index >= 15 is 0 Å². The zero-order chi connectivity index (χ0) is 14.9. The molecule has 0 radical (unpaired) electrons. The molecule has 2 unspecified atom stereocenters. The third-order valence-corrected chi connectivity index (χ3v) is 5.54. The molecule has 20 heavy (non-hydrogen) atoms. The fourth-order valence-corrected chi connectivity index (χ4v) is 3.73. The van der Waals surface area contributed by atoms with E-state index in [9.17, 15) is 8.42 Å². The maximum Gasteiger partial charge on any atom is 0.244 e. The van der Waals surface area contributed by atoms with Crippen LogP contribution >= 0.6 is 12.2 Å². The van der Waals surface area contributed by atoms with Crippen LogP contribution in [0.25, 0.3) is 0 Å². The van der Waals surface area contributed by atoms with Gasteiger partial charge in [-0.1, -0.05) is 12.2 Å². The molecule has 1 aliphatic heterocycles. The lowest BCUT2D eigenvalue weighted by Gasteiger charge is -2.25. The number of nitrogens with zero attached hydrogens (tertiary/aromatic N) is 2. The molecular weight excluding hydrogens is 298 g/mol. The molecule has 6 nitrogen and oxygen atoms in total. The lowest BCUT2D eigenvalue weighted by molar-refractivity contribution is 0.102. The van der Waals surface area contributed by atoms with Crippen molar-refractivity contribution in [3.05, 3.63) is 24.0 Å². The number of aromatic nitrogens is 1. The average Bonchev–Trinajstić information content (AvgIpc) is 2.84. The van der Waals surface area contributed by atoms with Crippen LogP contribution in [0.15, 0.2) is 23.2 Å². The Kier molecular flexibility index (Phi) is 4.38. The van der Waals surface area contributed by atoms with Gasteiger partial charge in [0, 0.05) is 19.9 Å². The Morgan fingerprint density at radius 1 is 1.55 bits per heavy atom. The van der Waals surface area contributed by atoms with Crippen LogP contribution in [0.1, 0.15) is 19.0 Å². The number of hydrogen-bond donors (Lipinski definition) is 1.